The summed E-state index contributed by atoms with van der Waals surface area (Å²) in [6, 6.07) is 9.85. The second-order valence-electron chi connectivity index (χ2n) is 5.17. The van der Waals surface area contributed by atoms with Gasteiger partial charge in [-0.2, -0.15) is 0 Å². The molecule has 0 aliphatic carbocycles. The predicted octanol–water partition coefficient (Wildman–Crippen LogP) is 0.758. The molecule has 118 valence electrons. The van der Waals surface area contributed by atoms with E-state index in [1.54, 1.807) is 7.05 Å². The molecule has 0 radical (unpaired) electrons. The highest BCUT2D eigenvalue weighted by atomic mass is 32.2. The summed E-state index contributed by atoms with van der Waals surface area (Å²) in [6.07, 6.45) is 1.24. The molecule has 0 aliphatic rings. The fourth-order valence-corrected chi connectivity index (χ4v) is 3.06. The van der Waals surface area contributed by atoms with Gasteiger partial charge in [-0.15, -0.1) is 0 Å². The van der Waals surface area contributed by atoms with Crippen LogP contribution in [0.4, 0.5) is 0 Å². The van der Waals surface area contributed by atoms with E-state index < -0.39 is 21.5 Å². The van der Waals surface area contributed by atoms with Gasteiger partial charge in [0.25, 0.3) is 0 Å². The third-order valence-electron chi connectivity index (χ3n) is 3.21. The lowest BCUT2D eigenvalue weighted by molar-refractivity contribution is -0.118. The number of rotatable bonds is 9. The maximum Gasteiger partial charge on any atom is 0.235 e. The van der Waals surface area contributed by atoms with Crippen molar-refractivity contribution in [3.05, 3.63) is 35.9 Å². The largest absolute Gasteiger partial charge is 0.354 e. The Morgan fingerprint density at radius 1 is 1.24 bits per heavy atom. The van der Waals surface area contributed by atoms with Gasteiger partial charge in [-0.1, -0.05) is 30.3 Å². The second-order valence-corrected chi connectivity index (χ2v) is 7.36. The van der Waals surface area contributed by atoms with E-state index in [0.717, 1.165) is 5.56 Å². The topological polar surface area (TPSA) is 75.3 Å². The quantitative estimate of drug-likeness (QED) is 0.706. The Bertz CT molecular complexity index is 529. The van der Waals surface area contributed by atoms with E-state index >= 15 is 0 Å². The molecule has 21 heavy (non-hydrogen) atoms. The first kappa shape index (κ1) is 17.7. The molecule has 1 unspecified atom stereocenters. The van der Waals surface area contributed by atoms with Crippen LogP contribution in [0.1, 0.15) is 18.9 Å². The van der Waals surface area contributed by atoms with Crippen LogP contribution in [0.3, 0.4) is 0 Å². The number of carbonyl (C=O) groups excluding carboxylic acids is 1. The average Bonchev–Trinajstić information content (AvgIpc) is 2.45. The monoisotopic (exact) mass is 312 g/mol. The van der Waals surface area contributed by atoms with Gasteiger partial charge >= 0.3 is 0 Å². The molecule has 0 saturated carbocycles. The third-order valence-corrected chi connectivity index (χ3v) is 4.83. The predicted molar refractivity (Wildman–Crippen MR) is 84.9 cm³/mol. The Labute approximate surface area is 127 Å². The summed E-state index contributed by atoms with van der Waals surface area (Å²) in [5.74, 6) is -0.827. The number of hydrogen-bond acceptors (Lipinski definition) is 4. The van der Waals surface area contributed by atoms with Gasteiger partial charge < -0.3 is 10.6 Å². The third kappa shape index (κ3) is 7.82. The van der Waals surface area contributed by atoms with Crippen LogP contribution < -0.4 is 10.6 Å². The van der Waals surface area contributed by atoms with Crippen molar-refractivity contribution in [3.63, 3.8) is 0 Å². The lowest BCUT2D eigenvalue weighted by Gasteiger charge is -2.11. The molecule has 0 aromatic heterocycles. The minimum absolute atomic E-state index is 0.0386. The van der Waals surface area contributed by atoms with Crippen LogP contribution in [0, 0.1) is 0 Å². The summed E-state index contributed by atoms with van der Waals surface area (Å²) in [7, 11) is -1.55. The van der Waals surface area contributed by atoms with Crippen molar-refractivity contribution in [2.24, 2.45) is 0 Å². The normalized spacial score (nSPS) is 12.9. The Morgan fingerprint density at radius 2 is 1.90 bits per heavy atom. The van der Waals surface area contributed by atoms with Gasteiger partial charge in [0.05, 0.1) is 5.75 Å². The Balaban J connectivity index is 2.31. The number of likely N-dealkylation sites (N-methyl/N-ethyl adjacent to an activating group) is 1. The van der Waals surface area contributed by atoms with Crippen molar-refractivity contribution < 1.29 is 13.2 Å². The van der Waals surface area contributed by atoms with Crippen LogP contribution in [-0.4, -0.2) is 45.5 Å². The zero-order valence-corrected chi connectivity index (χ0v) is 13.4. The van der Waals surface area contributed by atoms with Crippen molar-refractivity contribution in [1.82, 2.24) is 10.6 Å². The summed E-state index contributed by atoms with van der Waals surface area (Å²) in [5, 5.41) is 5.59. The van der Waals surface area contributed by atoms with Crippen LogP contribution >= 0.6 is 0 Å². The van der Waals surface area contributed by atoms with Crippen molar-refractivity contribution in [2.45, 2.75) is 25.8 Å². The highest BCUT2D eigenvalue weighted by Gasteiger charge is 2.16. The van der Waals surface area contributed by atoms with Gasteiger partial charge in [0.15, 0.2) is 9.84 Å². The van der Waals surface area contributed by atoms with Gasteiger partial charge in [0.2, 0.25) is 5.91 Å². The summed E-state index contributed by atoms with van der Waals surface area (Å²) in [5.41, 5.74) is 1.11. The van der Waals surface area contributed by atoms with E-state index in [-0.39, 0.29) is 11.8 Å². The summed E-state index contributed by atoms with van der Waals surface area (Å²) in [6.45, 7) is 2.34. The number of sulfone groups is 1. The smallest absolute Gasteiger partial charge is 0.235 e. The van der Waals surface area contributed by atoms with Crippen molar-refractivity contribution in [3.8, 4) is 0 Å². The molecule has 6 heteroatoms. The number of amides is 1. The number of benzene rings is 1. The van der Waals surface area contributed by atoms with E-state index in [1.165, 1.54) is 0 Å². The molecule has 1 aromatic rings. The van der Waals surface area contributed by atoms with Gasteiger partial charge in [-0.05, 0) is 32.4 Å². The van der Waals surface area contributed by atoms with Crippen LogP contribution in [0.5, 0.6) is 0 Å². The Kier molecular flexibility index (Phi) is 7.39. The highest BCUT2D eigenvalue weighted by molar-refractivity contribution is 7.92. The average molecular weight is 312 g/mol. The van der Waals surface area contributed by atoms with E-state index in [2.05, 4.69) is 10.6 Å². The number of aryl methyl sites for hydroxylation is 1. The number of hydrogen-bond donors (Lipinski definition) is 2. The first-order valence-electron chi connectivity index (χ1n) is 7.11. The van der Waals surface area contributed by atoms with E-state index in [9.17, 15) is 13.2 Å². The first-order chi connectivity index (χ1) is 9.93. The van der Waals surface area contributed by atoms with Crippen LogP contribution in [-0.2, 0) is 21.1 Å². The van der Waals surface area contributed by atoms with Crippen LogP contribution in [0.25, 0.3) is 0 Å². The standard InChI is InChI=1S/C15H24N2O3S/c1-13(16-2)11-17-15(18)12-21(19,20)10-6-9-14-7-4-3-5-8-14/h3-5,7-8,13,16H,6,9-12H2,1-2H3,(H,17,18). The SMILES string of the molecule is CNC(C)CNC(=O)CS(=O)(=O)CCCc1ccccc1. The molecule has 0 aliphatic heterocycles. The molecule has 0 spiro atoms. The fourth-order valence-electron chi connectivity index (χ4n) is 1.83. The molecule has 5 nitrogen and oxygen atoms in total. The molecule has 0 saturated heterocycles. The van der Waals surface area contributed by atoms with E-state index in [0.29, 0.717) is 19.4 Å². The maximum atomic E-state index is 11.9. The molecule has 1 amide bonds. The maximum absolute atomic E-state index is 11.9. The van der Waals surface area contributed by atoms with Crippen LogP contribution in [0.2, 0.25) is 0 Å². The molecule has 0 bridgehead atoms. The van der Waals surface area contributed by atoms with Gasteiger partial charge in [0, 0.05) is 12.6 Å². The molecular weight excluding hydrogens is 288 g/mol. The molecule has 0 heterocycles. The summed E-state index contributed by atoms with van der Waals surface area (Å²) in [4.78, 5) is 11.6. The van der Waals surface area contributed by atoms with Gasteiger partial charge in [0.1, 0.15) is 5.75 Å². The fraction of sp³-hybridized carbons (Fsp3) is 0.533. The lowest BCUT2D eigenvalue weighted by atomic mass is 10.1. The van der Waals surface area contributed by atoms with E-state index in [4.69, 9.17) is 0 Å². The van der Waals surface area contributed by atoms with Gasteiger partial charge in [-0.25, -0.2) is 8.42 Å². The number of carbonyl (C=O) groups is 1. The molecule has 2 N–H and O–H groups in total. The summed E-state index contributed by atoms with van der Waals surface area (Å²) >= 11 is 0. The van der Waals surface area contributed by atoms with Crippen molar-refractivity contribution in [2.75, 3.05) is 25.1 Å². The molecule has 0 fully saturated rings. The molecule has 1 atom stereocenters. The molecule has 1 aromatic carbocycles. The first-order valence-corrected chi connectivity index (χ1v) is 8.93. The minimum atomic E-state index is -3.34. The van der Waals surface area contributed by atoms with Gasteiger partial charge in [-0.3, -0.25) is 4.79 Å². The van der Waals surface area contributed by atoms with Crippen molar-refractivity contribution >= 4 is 15.7 Å². The second kappa shape index (κ2) is 8.79. The Morgan fingerprint density at radius 3 is 2.52 bits per heavy atom. The van der Waals surface area contributed by atoms with E-state index in [1.807, 2.05) is 37.3 Å². The molecular formula is C15H24N2O3S. The Hall–Kier alpha value is -1.40. The highest BCUT2D eigenvalue weighted by Crippen LogP contribution is 2.04. The minimum Gasteiger partial charge on any atom is -0.354 e. The number of nitrogens with one attached hydrogen (secondary N) is 2. The van der Waals surface area contributed by atoms with Crippen molar-refractivity contribution in [1.29, 1.82) is 0 Å². The lowest BCUT2D eigenvalue weighted by Crippen LogP contribution is -2.39. The zero-order chi connectivity index (χ0) is 15.7. The zero-order valence-electron chi connectivity index (χ0n) is 12.6. The molecule has 1 rings (SSSR count). The summed E-state index contributed by atoms with van der Waals surface area (Å²) < 4.78 is 23.7. The van der Waals surface area contributed by atoms with Crippen LogP contribution in [0.15, 0.2) is 30.3 Å².